The molecule has 2 aliphatic heterocycles. The highest BCUT2D eigenvalue weighted by Gasteiger charge is 2.39. The summed E-state index contributed by atoms with van der Waals surface area (Å²) in [7, 11) is -3.15. The maximum Gasteiger partial charge on any atom is 0.314 e. The molecule has 0 spiro atoms. The van der Waals surface area contributed by atoms with Crippen molar-refractivity contribution >= 4 is 15.8 Å². The number of carboxylic acids is 1. The van der Waals surface area contributed by atoms with Crippen LogP contribution in [0, 0.1) is 0 Å². The van der Waals surface area contributed by atoms with Gasteiger partial charge < -0.3 is 9.67 Å². The molecule has 0 bridgehead atoms. The van der Waals surface area contributed by atoms with Gasteiger partial charge in [0.15, 0.2) is 15.7 Å². The number of carbonyl (C=O) groups is 1. The predicted octanol–water partition coefficient (Wildman–Crippen LogP) is 0.490. The molecule has 3 rings (SSSR count). The van der Waals surface area contributed by atoms with Gasteiger partial charge in [0.05, 0.1) is 5.75 Å². The molecule has 1 saturated heterocycles. The molecule has 0 aliphatic carbocycles. The van der Waals surface area contributed by atoms with Gasteiger partial charge in [-0.1, -0.05) is 0 Å². The van der Waals surface area contributed by atoms with Gasteiger partial charge >= 0.3 is 5.97 Å². The molecule has 1 N–H and O–H groups in total. The van der Waals surface area contributed by atoms with Crippen molar-refractivity contribution in [3.63, 3.8) is 0 Å². The second kappa shape index (κ2) is 4.29. The quantitative estimate of drug-likeness (QED) is 0.848. The molecule has 3 heterocycles. The number of hydrogen-bond donors (Lipinski definition) is 1. The highest BCUT2D eigenvalue weighted by atomic mass is 32.2. The van der Waals surface area contributed by atoms with E-state index in [1.807, 2.05) is 0 Å². The van der Waals surface area contributed by atoms with Crippen LogP contribution in [-0.2, 0) is 21.2 Å². The standard InChI is InChI=1S/C11H15N3O4S/c15-11(16)7-3-1-5-14-9(7)12-13-10(14)8-4-2-6-19(8,17)18/h7-8H,1-6H2,(H,15,16). The number of carboxylic acid groups (broad SMARTS) is 1. The van der Waals surface area contributed by atoms with Crippen molar-refractivity contribution in [2.24, 2.45) is 0 Å². The van der Waals surface area contributed by atoms with E-state index < -0.39 is 27.0 Å². The highest BCUT2D eigenvalue weighted by Crippen LogP contribution is 2.36. The van der Waals surface area contributed by atoms with E-state index in [4.69, 9.17) is 5.11 Å². The van der Waals surface area contributed by atoms with Crippen molar-refractivity contribution in [2.75, 3.05) is 5.75 Å². The van der Waals surface area contributed by atoms with Crippen LogP contribution in [0.4, 0.5) is 0 Å². The molecular formula is C11H15N3O4S. The lowest BCUT2D eigenvalue weighted by atomic mass is 9.99. The summed E-state index contributed by atoms with van der Waals surface area (Å²) in [4.78, 5) is 11.2. The smallest absolute Gasteiger partial charge is 0.314 e. The molecule has 2 unspecified atom stereocenters. The van der Waals surface area contributed by atoms with Gasteiger partial charge in [-0.15, -0.1) is 10.2 Å². The van der Waals surface area contributed by atoms with Gasteiger partial charge in [0.1, 0.15) is 17.0 Å². The summed E-state index contributed by atoms with van der Waals surface area (Å²) < 4.78 is 25.6. The molecule has 7 nitrogen and oxygen atoms in total. The van der Waals surface area contributed by atoms with Crippen LogP contribution >= 0.6 is 0 Å². The Labute approximate surface area is 110 Å². The average molecular weight is 285 g/mol. The van der Waals surface area contributed by atoms with Crippen LogP contribution in [0.3, 0.4) is 0 Å². The number of sulfone groups is 1. The zero-order valence-electron chi connectivity index (χ0n) is 10.3. The van der Waals surface area contributed by atoms with E-state index in [9.17, 15) is 13.2 Å². The normalized spacial score (nSPS) is 29.1. The Morgan fingerprint density at radius 2 is 1.95 bits per heavy atom. The van der Waals surface area contributed by atoms with E-state index >= 15 is 0 Å². The summed E-state index contributed by atoms with van der Waals surface area (Å²) in [5.74, 6) is -0.579. The fraction of sp³-hybridized carbons (Fsp3) is 0.727. The lowest BCUT2D eigenvalue weighted by Crippen LogP contribution is -2.24. The molecule has 2 atom stereocenters. The Bertz CT molecular complexity index is 622. The number of rotatable bonds is 2. The molecule has 0 amide bonds. The fourth-order valence-electron chi connectivity index (χ4n) is 2.95. The molecular weight excluding hydrogens is 270 g/mol. The molecule has 0 saturated carbocycles. The van der Waals surface area contributed by atoms with E-state index in [0.717, 1.165) is 0 Å². The van der Waals surface area contributed by atoms with Gasteiger partial charge in [0.2, 0.25) is 0 Å². The maximum atomic E-state index is 12.0. The van der Waals surface area contributed by atoms with Crippen molar-refractivity contribution in [1.29, 1.82) is 0 Å². The number of hydrogen-bond acceptors (Lipinski definition) is 5. The first-order chi connectivity index (χ1) is 9.00. The van der Waals surface area contributed by atoms with Crippen molar-refractivity contribution in [2.45, 2.75) is 43.4 Å². The van der Waals surface area contributed by atoms with Crippen LogP contribution in [0.1, 0.15) is 48.5 Å². The van der Waals surface area contributed by atoms with Crippen LogP contribution in [0.2, 0.25) is 0 Å². The molecule has 0 radical (unpaired) electrons. The lowest BCUT2D eigenvalue weighted by Gasteiger charge is -2.21. The zero-order valence-corrected chi connectivity index (χ0v) is 11.1. The third kappa shape index (κ3) is 1.94. The summed E-state index contributed by atoms with van der Waals surface area (Å²) in [5, 5.41) is 16.5. The van der Waals surface area contributed by atoms with Crippen LogP contribution in [-0.4, -0.2) is 40.0 Å². The van der Waals surface area contributed by atoms with E-state index in [1.165, 1.54) is 0 Å². The van der Waals surface area contributed by atoms with Gasteiger partial charge in [-0.3, -0.25) is 4.79 Å². The van der Waals surface area contributed by atoms with Gasteiger partial charge in [-0.05, 0) is 25.7 Å². The van der Waals surface area contributed by atoms with Gasteiger partial charge in [-0.2, -0.15) is 0 Å². The fourth-order valence-corrected chi connectivity index (χ4v) is 4.83. The Kier molecular flexibility index (Phi) is 2.84. The first-order valence-corrected chi connectivity index (χ1v) is 8.09. The van der Waals surface area contributed by atoms with E-state index in [1.54, 1.807) is 4.57 Å². The summed E-state index contributed by atoms with van der Waals surface area (Å²) in [6.07, 6.45) is 2.43. The topological polar surface area (TPSA) is 102 Å². The summed E-state index contributed by atoms with van der Waals surface area (Å²) in [6.45, 7) is 0.605. The number of aromatic nitrogens is 3. The van der Waals surface area contributed by atoms with Crippen LogP contribution in [0.25, 0.3) is 0 Å². The minimum Gasteiger partial charge on any atom is -0.481 e. The van der Waals surface area contributed by atoms with Gasteiger partial charge in [0, 0.05) is 6.54 Å². The average Bonchev–Trinajstić information content (AvgIpc) is 2.91. The molecule has 19 heavy (non-hydrogen) atoms. The van der Waals surface area contributed by atoms with Gasteiger partial charge in [-0.25, -0.2) is 8.42 Å². The lowest BCUT2D eigenvalue weighted by molar-refractivity contribution is -0.139. The Balaban J connectivity index is 2.04. The molecule has 2 aliphatic rings. The third-order valence-electron chi connectivity index (χ3n) is 3.91. The van der Waals surface area contributed by atoms with Crippen molar-refractivity contribution in [3.05, 3.63) is 11.6 Å². The second-order valence-corrected chi connectivity index (χ2v) is 7.40. The van der Waals surface area contributed by atoms with Crippen LogP contribution in [0.15, 0.2) is 0 Å². The Morgan fingerprint density at radius 3 is 2.58 bits per heavy atom. The Morgan fingerprint density at radius 1 is 1.21 bits per heavy atom. The van der Waals surface area contributed by atoms with Crippen molar-refractivity contribution in [1.82, 2.24) is 14.8 Å². The largest absolute Gasteiger partial charge is 0.481 e. The highest BCUT2D eigenvalue weighted by molar-refractivity contribution is 7.91. The molecule has 104 valence electrons. The number of fused-ring (bicyclic) bond motifs is 1. The molecule has 0 aromatic carbocycles. The third-order valence-corrected chi connectivity index (χ3v) is 6.08. The zero-order chi connectivity index (χ0) is 13.6. The minimum absolute atomic E-state index is 0.183. The Hall–Kier alpha value is -1.44. The summed E-state index contributed by atoms with van der Waals surface area (Å²) in [6, 6.07) is 0. The first kappa shape index (κ1) is 12.6. The second-order valence-electron chi connectivity index (χ2n) is 5.10. The number of nitrogens with zero attached hydrogens (tertiary/aromatic N) is 3. The van der Waals surface area contributed by atoms with Crippen LogP contribution in [0.5, 0.6) is 0 Å². The predicted molar refractivity (Wildman–Crippen MR) is 65.4 cm³/mol. The monoisotopic (exact) mass is 285 g/mol. The van der Waals surface area contributed by atoms with E-state index in [2.05, 4.69) is 10.2 Å². The summed E-state index contributed by atoms with van der Waals surface area (Å²) >= 11 is 0. The molecule has 1 aromatic heterocycles. The van der Waals surface area contributed by atoms with E-state index in [-0.39, 0.29) is 5.75 Å². The van der Waals surface area contributed by atoms with E-state index in [0.29, 0.717) is 43.9 Å². The first-order valence-electron chi connectivity index (χ1n) is 6.38. The molecule has 1 fully saturated rings. The van der Waals surface area contributed by atoms with Crippen LogP contribution < -0.4 is 0 Å². The minimum atomic E-state index is -3.15. The number of aliphatic carboxylic acids is 1. The maximum absolute atomic E-state index is 12.0. The SMILES string of the molecule is O=C(O)C1CCCn2c1nnc2C1CCCS1(=O)=O. The van der Waals surface area contributed by atoms with Crippen molar-refractivity contribution in [3.8, 4) is 0 Å². The molecule has 1 aromatic rings. The van der Waals surface area contributed by atoms with Crippen molar-refractivity contribution < 1.29 is 18.3 Å². The summed E-state index contributed by atoms with van der Waals surface area (Å²) in [5.41, 5.74) is 0. The molecule has 8 heteroatoms. The van der Waals surface area contributed by atoms with Gasteiger partial charge in [0.25, 0.3) is 0 Å².